The SMILES string of the molecule is CCOC(=O)c1cn(CCN(CC)CC)cc(-c2ccc(F)cc2)c1=O. The fraction of sp³-hybridized carbons (Fsp3) is 0.400. The van der Waals surface area contributed by atoms with Gasteiger partial charge in [0, 0.05) is 31.0 Å². The highest BCUT2D eigenvalue weighted by Crippen LogP contribution is 2.17. The quantitative estimate of drug-likeness (QED) is 0.679. The molecule has 0 amide bonds. The summed E-state index contributed by atoms with van der Waals surface area (Å²) in [6.07, 6.45) is 3.25. The summed E-state index contributed by atoms with van der Waals surface area (Å²) in [4.78, 5) is 27.2. The summed E-state index contributed by atoms with van der Waals surface area (Å²) >= 11 is 0. The number of hydrogen-bond acceptors (Lipinski definition) is 4. The number of ether oxygens (including phenoxy) is 1. The number of rotatable bonds is 8. The highest BCUT2D eigenvalue weighted by molar-refractivity contribution is 5.90. The van der Waals surface area contributed by atoms with Crippen LogP contribution in [0.25, 0.3) is 11.1 Å². The van der Waals surface area contributed by atoms with Crippen LogP contribution in [-0.2, 0) is 11.3 Å². The summed E-state index contributed by atoms with van der Waals surface area (Å²) < 4.78 is 20.1. The largest absolute Gasteiger partial charge is 0.462 e. The van der Waals surface area contributed by atoms with Crippen molar-refractivity contribution in [1.82, 2.24) is 9.47 Å². The van der Waals surface area contributed by atoms with Crippen LogP contribution in [-0.4, -0.2) is 41.7 Å². The smallest absolute Gasteiger partial charge is 0.343 e. The fourth-order valence-electron chi connectivity index (χ4n) is 2.75. The molecule has 6 heteroatoms. The number of hydrogen-bond donors (Lipinski definition) is 0. The summed E-state index contributed by atoms with van der Waals surface area (Å²) in [6.45, 7) is 9.33. The molecule has 0 unspecified atom stereocenters. The predicted molar refractivity (Wildman–Crippen MR) is 99.8 cm³/mol. The lowest BCUT2D eigenvalue weighted by Crippen LogP contribution is -2.28. The van der Waals surface area contributed by atoms with Crippen LogP contribution in [0.15, 0.2) is 41.5 Å². The van der Waals surface area contributed by atoms with Crippen LogP contribution in [0, 0.1) is 5.82 Å². The first-order valence-corrected chi connectivity index (χ1v) is 8.89. The Labute approximate surface area is 153 Å². The third-order valence-electron chi connectivity index (χ3n) is 4.30. The van der Waals surface area contributed by atoms with Gasteiger partial charge in [-0.05, 0) is 37.7 Å². The molecule has 0 fully saturated rings. The van der Waals surface area contributed by atoms with Gasteiger partial charge in [0.25, 0.3) is 0 Å². The van der Waals surface area contributed by atoms with E-state index in [2.05, 4.69) is 18.7 Å². The van der Waals surface area contributed by atoms with Gasteiger partial charge in [-0.1, -0.05) is 26.0 Å². The Balaban J connectivity index is 2.46. The van der Waals surface area contributed by atoms with Crippen molar-refractivity contribution in [2.45, 2.75) is 27.3 Å². The van der Waals surface area contributed by atoms with Gasteiger partial charge >= 0.3 is 5.97 Å². The van der Waals surface area contributed by atoms with E-state index in [4.69, 9.17) is 4.74 Å². The molecule has 0 radical (unpaired) electrons. The molecule has 5 nitrogen and oxygen atoms in total. The molecule has 0 aliphatic carbocycles. The lowest BCUT2D eigenvalue weighted by Gasteiger charge is -2.19. The van der Waals surface area contributed by atoms with E-state index in [9.17, 15) is 14.0 Å². The molecule has 0 saturated carbocycles. The van der Waals surface area contributed by atoms with Gasteiger partial charge in [-0.15, -0.1) is 0 Å². The first kappa shape index (κ1) is 19.8. The number of aromatic nitrogens is 1. The minimum absolute atomic E-state index is 0.00628. The van der Waals surface area contributed by atoms with Crippen molar-refractivity contribution in [3.63, 3.8) is 0 Å². The minimum Gasteiger partial charge on any atom is -0.462 e. The Bertz CT molecular complexity index is 796. The van der Waals surface area contributed by atoms with Crippen LogP contribution in [0.5, 0.6) is 0 Å². The number of carbonyl (C=O) groups is 1. The molecule has 0 aliphatic rings. The third-order valence-corrected chi connectivity index (χ3v) is 4.30. The Hall–Kier alpha value is -2.47. The molecule has 1 aromatic carbocycles. The zero-order chi connectivity index (χ0) is 19.1. The summed E-state index contributed by atoms with van der Waals surface area (Å²) in [5.74, 6) is -1.02. The average Bonchev–Trinajstić information content (AvgIpc) is 2.64. The maximum atomic E-state index is 13.2. The van der Waals surface area contributed by atoms with Crippen LogP contribution in [0.2, 0.25) is 0 Å². The van der Waals surface area contributed by atoms with Crippen molar-refractivity contribution in [3.05, 3.63) is 58.3 Å². The maximum absolute atomic E-state index is 13.2. The average molecular weight is 360 g/mol. The molecule has 0 N–H and O–H groups in total. The molecule has 0 saturated heterocycles. The minimum atomic E-state index is -0.641. The van der Waals surface area contributed by atoms with Crippen molar-refractivity contribution >= 4 is 5.97 Å². The van der Waals surface area contributed by atoms with Crippen molar-refractivity contribution in [2.24, 2.45) is 0 Å². The first-order chi connectivity index (χ1) is 12.5. The second kappa shape index (κ2) is 9.29. The number of pyridine rings is 1. The molecule has 26 heavy (non-hydrogen) atoms. The van der Waals surface area contributed by atoms with Crippen LogP contribution >= 0.6 is 0 Å². The fourth-order valence-corrected chi connectivity index (χ4v) is 2.75. The number of benzene rings is 1. The molecule has 140 valence electrons. The Morgan fingerprint density at radius 3 is 2.35 bits per heavy atom. The molecule has 0 spiro atoms. The Morgan fingerprint density at radius 2 is 1.77 bits per heavy atom. The van der Waals surface area contributed by atoms with Gasteiger partial charge in [-0.25, -0.2) is 9.18 Å². The van der Waals surface area contributed by atoms with Crippen molar-refractivity contribution in [3.8, 4) is 11.1 Å². The Morgan fingerprint density at radius 1 is 1.12 bits per heavy atom. The van der Waals surface area contributed by atoms with E-state index in [-0.39, 0.29) is 18.0 Å². The number of carbonyl (C=O) groups excluding carboxylic acids is 1. The molecule has 1 heterocycles. The topological polar surface area (TPSA) is 51.5 Å². The monoisotopic (exact) mass is 360 g/mol. The van der Waals surface area contributed by atoms with E-state index in [0.29, 0.717) is 17.7 Å². The van der Waals surface area contributed by atoms with E-state index in [1.54, 1.807) is 13.1 Å². The van der Waals surface area contributed by atoms with E-state index in [1.807, 2.05) is 4.57 Å². The van der Waals surface area contributed by atoms with Gasteiger partial charge < -0.3 is 14.2 Å². The van der Waals surface area contributed by atoms with E-state index in [0.717, 1.165) is 19.6 Å². The van der Waals surface area contributed by atoms with Crippen molar-refractivity contribution in [2.75, 3.05) is 26.2 Å². The van der Waals surface area contributed by atoms with Crippen molar-refractivity contribution in [1.29, 1.82) is 0 Å². The molecule has 0 aliphatic heterocycles. The van der Waals surface area contributed by atoms with Crippen LogP contribution in [0.3, 0.4) is 0 Å². The normalized spacial score (nSPS) is 11.0. The number of esters is 1. The van der Waals surface area contributed by atoms with Crippen LogP contribution in [0.4, 0.5) is 4.39 Å². The zero-order valence-electron chi connectivity index (χ0n) is 15.5. The number of likely N-dealkylation sites (N-methyl/N-ethyl adjacent to an activating group) is 1. The van der Waals surface area contributed by atoms with Gasteiger partial charge in [0.1, 0.15) is 11.4 Å². The number of nitrogens with zero attached hydrogens (tertiary/aromatic N) is 2. The third kappa shape index (κ3) is 4.79. The second-order valence-corrected chi connectivity index (χ2v) is 5.91. The number of halogens is 1. The van der Waals surface area contributed by atoms with Gasteiger partial charge in [0.2, 0.25) is 5.43 Å². The zero-order valence-corrected chi connectivity index (χ0v) is 15.5. The molecule has 0 atom stereocenters. The van der Waals surface area contributed by atoms with Crippen LogP contribution < -0.4 is 5.43 Å². The lowest BCUT2D eigenvalue weighted by molar-refractivity contribution is 0.0524. The van der Waals surface area contributed by atoms with Gasteiger partial charge in [-0.2, -0.15) is 0 Å². The second-order valence-electron chi connectivity index (χ2n) is 5.91. The molecule has 2 aromatic rings. The van der Waals surface area contributed by atoms with Gasteiger partial charge in [0.05, 0.1) is 6.61 Å². The molecular formula is C20H25FN2O3. The lowest BCUT2D eigenvalue weighted by atomic mass is 10.0. The van der Waals surface area contributed by atoms with E-state index in [1.165, 1.54) is 30.5 Å². The highest BCUT2D eigenvalue weighted by atomic mass is 19.1. The van der Waals surface area contributed by atoms with Crippen molar-refractivity contribution < 1.29 is 13.9 Å². The maximum Gasteiger partial charge on any atom is 0.343 e. The van der Waals surface area contributed by atoms with E-state index >= 15 is 0 Å². The van der Waals surface area contributed by atoms with Crippen LogP contribution in [0.1, 0.15) is 31.1 Å². The van der Waals surface area contributed by atoms with Gasteiger partial charge in [0.15, 0.2) is 0 Å². The predicted octanol–water partition coefficient (Wildman–Crippen LogP) is 3.17. The molecule has 1 aromatic heterocycles. The summed E-state index contributed by atoms with van der Waals surface area (Å²) in [6, 6.07) is 5.67. The Kier molecular flexibility index (Phi) is 7.09. The highest BCUT2D eigenvalue weighted by Gasteiger charge is 2.17. The molecule has 0 bridgehead atoms. The van der Waals surface area contributed by atoms with Gasteiger partial charge in [-0.3, -0.25) is 4.79 Å². The molecule has 2 rings (SSSR count). The molecular weight excluding hydrogens is 335 g/mol. The summed E-state index contributed by atoms with van der Waals surface area (Å²) in [5, 5.41) is 0. The van der Waals surface area contributed by atoms with E-state index < -0.39 is 11.4 Å². The summed E-state index contributed by atoms with van der Waals surface area (Å²) in [7, 11) is 0. The standard InChI is InChI=1S/C20H25FN2O3/c1-4-22(5-2)11-12-23-13-17(15-7-9-16(21)10-8-15)19(24)18(14-23)20(25)26-6-3/h7-10,13-14H,4-6,11-12H2,1-3H3. The first-order valence-electron chi connectivity index (χ1n) is 8.89. The summed E-state index contributed by atoms with van der Waals surface area (Å²) in [5.41, 5.74) is 0.511.